The maximum Gasteiger partial charge on any atom is 0.0687 e. The van der Waals surface area contributed by atoms with E-state index in [9.17, 15) is 0 Å². The fourth-order valence-electron chi connectivity index (χ4n) is 1.65. The molecule has 4 heteroatoms. The molecule has 0 spiro atoms. The molecule has 0 aromatic heterocycles. The SMILES string of the molecule is CCCN(CCC)SCSN(CCC)CCC. The second kappa shape index (κ2) is 13.1. The normalized spacial score (nSPS) is 11.6. The summed E-state index contributed by atoms with van der Waals surface area (Å²) in [5.74, 6) is 0. The molecule has 0 N–H and O–H groups in total. The first-order valence-corrected chi connectivity index (χ1v) is 8.92. The van der Waals surface area contributed by atoms with Gasteiger partial charge in [0.15, 0.2) is 0 Å². The van der Waals surface area contributed by atoms with E-state index >= 15 is 0 Å². The van der Waals surface area contributed by atoms with E-state index in [1.165, 1.54) is 56.9 Å². The van der Waals surface area contributed by atoms with Crippen LogP contribution in [0.15, 0.2) is 0 Å². The largest absolute Gasteiger partial charge is 0.250 e. The first-order valence-electron chi connectivity index (χ1n) is 7.04. The van der Waals surface area contributed by atoms with E-state index in [1.54, 1.807) is 0 Å². The lowest BCUT2D eigenvalue weighted by Crippen LogP contribution is -2.21. The molecule has 17 heavy (non-hydrogen) atoms. The number of nitrogens with zero attached hydrogens (tertiary/aromatic N) is 2. The van der Waals surface area contributed by atoms with Crippen LogP contribution >= 0.6 is 23.9 Å². The summed E-state index contributed by atoms with van der Waals surface area (Å²) in [4.78, 5) is 0. The van der Waals surface area contributed by atoms with E-state index in [4.69, 9.17) is 0 Å². The zero-order valence-electron chi connectivity index (χ0n) is 12.1. The average Bonchev–Trinajstić information content (AvgIpc) is 2.30. The van der Waals surface area contributed by atoms with Gasteiger partial charge in [0, 0.05) is 26.2 Å². The van der Waals surface area contributed by atoms with Crippen LogP contribution in [0.25, 0.3) is 0 Å². The van der Waals surface area contributed by atoms with Crippen LogP contribution in [0.5, 0.6) is 0 Å². The summed E-state index contributed by atoms with van der Waals surface area (Å²) < 4.78 is 5.03. The highest BCUT2D eigenvalue weighted by Crippen LogP contribution is 2.21. The van der Waals surface area contributed by atoms with Crippen molar-refractivity contribution in [3.8, 4) is 0 Å². The molecule has 0 rings (SSSR count). The third-order valence-corrected chi connectivity index (χ3v) is 4.67. The monoisotopic (exact) mass is 278 g/mol. The summed E-state index contributed by atoms with van der Waals surface area (Å²) in [6.45, 7) is 13.9. The highest BCUT2D eigenvalue weighted by atomic mass is 32.2. The predicted octanol–water partition coefficient (Wildman–Crippen LogP) is 4.48. The molecule has 0 radical (unpaired) electrons. The molecule has 0 aromatic rings. The molecule has 0 bridgehead atoms. The van der Waals surface area contributed by atoms with Crippen LogP contribution < -0.4 is 0 Å². The van der Waals surface area contributed by atoms with Crippen molar-refractivity contribution in [3.05, 3.63) is 0 Å². The second-order valence-electron chi connectivity index (χ2n) is 4.23. The Hall–Kier alpha value is 0.620. The topological polar surface area (TPSA) is 6.48 Å². The summed E-state index contributed by atoms with van der Waals surface area (Å²) in [6.07, 6.45) is 5.02. The first kappa shape index (κ1) is 17.6. The van der Waals surface area contributed by atoms with Gasteiger partial charge in [0.05, 0.1) is 5.08 Å². The molecule has 0 unspecified atom stereocenters. The molecule has 0 atom stereocenters. The molecule has 0 aliphatic heterocycles. The van der Waals surface area contributed by atoms with Crippen molar-refractivity contribution in [1.29, 1.82) is 0 Å². The molecule has 0 aromatic carbocycles. The van der Waals surface area contributed by atoms with E-state index in [1.807, 2.05) is 23.9 Å². The van der Waals surface area contributed by atoms with Gasteiger partial charge in [-0.1, -0.05) is 51.6 Å². The third-order valence-electron chi connectivity index (χ3n) is 2.36. The van der Waals surface area contributed by atoms with Crippen LogP contribution in [0.2, 0.25) is 0 Å². The minimum absolute atomic E-state index is 1.17. The molecule has 0 amide bonds. The van der Waals surface area contributed by atoms with Gasteiger partial charge in [0.1, 0.15) is 0 Å². The quantitative estimate of drug-likeness (QED) is 0.383. The van der Waals surface area contributed by atoms with E-state index in [0.717, 1.165) is 0 Å². The average molecular weight is 279 g/mol. The van der Waals surface area contributed by atoms with Crippen molar-refractivity contribution >= 4 is 23.9 Å². The molecule has 0 saturated carbocycles. The minimum Gasteiger partial charge on any atom is -0.250 e. The Morgan fingerprint density at radius 3 is 1.12 bits per heavy atom. The Labute approximate surface area is 117 Å². The minimum atomic E-state index is 1.17. The van der Waals surface area contributed by atoms with Gasteiger partial charge in [-0.2, -0.15) is 0 Å². The van der Waals surface area contributed by atoms with Gasteiger partial charge in [-0.3, -0.25) is 0 Å². The van der Waals surface area contributed by atoms with Gasteiger partial charge in [0.25, 0.3) is 0 Å². The lowest BCUT2D eigenvalue weighted by Gasteiger charge is -2.23. The van der Waals surface area contributed by atoms with Crippen LogP contribution in [0, 0.1) is 0 Å². The molecule has 0 saturated heterocycles. The Morgan fingerprint density at radius 2 is 0.882 bits per heavy atom. The van der Waals surface area contributed by atoms with Gasteiger partial charge >= 0.3 is 0 Å². The standard InChI is InChI=1S/C13H30N2S2/c1-5-9-14(10-6-2)16-13-17-15(11-7-3)12-8-4/h5-13H2,1-4H3. The van der Waals surface area contributed by atoms with Crippen LogP contribution in [0.4, 0.5) is 0 Å². The van der Waals surface area contributed by atoms with Crippen molar-refractivity contribution < 1.29 is 0 Å². The highest BCUT2D eigenvalue weighted by molar-refractivity contribution is 8.13. The highest BCUT2D eigenvalue weighted by Gasteiger charge is 2.06. The Balaban J connectivity index is 3.73. The summed E-state index contributed by atoms with van der Waals surface area (Å²) in [6, 6.07) is 0. The van der Waals surface area contributed by atoms with Crippen LogP contribution in [0.3, 0.4) is 0 Å². The van der Waals surface area contributed by atoms with E-state index in [0.29, 0.717) is 0 Å². The molecular formula is C13H30N2S2. The molecule has 104 valence electrons. The van der Waals surface area contributed by atoms with Gasteiger partial charge in [0.2, 0.25) is 0 Å². The predicted molar refractivity (Wildman–Crippen MR) is 84.4 cm³/mol. The molecule has 2 nitrogen and oxygen atoms in total. The van der Waals surface area contributed by atoms with Crippen molar-refractivity contribution in [3.63, 3.8) is 0 Å². The van der Waals surface area contributed by atoms with Crippen molar-refractivity contribution in [1.82, 2.24) is 8.61 Å². The molecular weight excluding hydrogens is 248 g/mol. The molecule has 0 fully saturated rings. The molecule has 0 heterocycles. The summed E-state index contributed by atoms with van der Waals surface area (Å²) in [5.41, 5.74) is 0. The summed E-state index contributed by atoms with van der Waals surface area (Å²) >= 11 is 4.01. The fraction of sp³-hybridized carbons (Fsp3) is 1.00. The zero-order chi connectivity index (χ0) is 12.9. The van der Waals surface area contributed by atoms with E-state index in [-0.39, 0.29) is 0 Å². The maximum atomic E-state index is 2.52. The van der Waals surface area contributed by atoms with E-state index in [2.05, 4.69) is 36.3 Å². The van der Waals surface area contributed by atoms with Crippen molar-refractivity contribution in [2.75, 3.05) is 31.3 Å². The lowest BCUT2D eigenvalue weighted by molar-refractivity contribution is 0.464. The van der Waals surface area contributed by atoms with Gasteiger partial charge < -0.3 is 0 Å². The van der Waals surface area contributed by atoms with Crippen molar-refractivity contribution in [2.24, 2.45) is 0 Å². The number of hydrogen-bond acceptors (Lipinski definition) is 4. The molecule has 0 aliphatic carbocycles. The van der Waals surface area contributed by atoms with Crippen LogP contribution in [-0.4, -0.2) is 39.9 Å². The fourth-order valence-corrected chi connectivity index (χ4v) is 4.28. The van der Waals surface area contributed by atoms with E-state index < -0.39 is 0 Å². The number of hydrogen-bond donors (Lipinski definition) is 0. The number of rotatable bonds is 12. The smallest absolute Gasteiger partial charge is 0.0687 e. The summed E-state index contributed by atoms with van der Waals surface area (Å²) in [7, 11) is 0. The van der Waals surface area contributed by atoms with Gasteiger partial charge in [-0.05, 0) is 25.7 Å². The van der Waals surface area contributed by atoms with Crippen LogP contribution in [0.1, 0.15) is 53.4 Å². The second-order valence-corrected chi connectivity index (χ2v) is 6.73. The van der Waals surface area contributed by atoms with Gasteiger partial charge in [-0.25, -0.2) is 8.61 Å². The Morgan fingerprint density at radius 1 is 0.588 bits per heavy atom. The van der Waals surface area contributed by atoms with Crippen molar-refractivity contribution in [2.45, 2.75) is 53.4 Å². The first-order chi connectivity index (χ1) is 8.28. The maximum absolute atomic E-state index is 2.52. The third kappa shape index (κ3) is 10.2. The Kier molecular flexibility index (Phi) is 13.5. The summed E-state index contributed by atoms with van der Waals surface area (Å²) in [5, 5.41) is 1.17. The zero-order valence-corrected chi connectivity index (χ0v) is 13.7. The lowest BCUT2D eigenvalue weighted by atomic mass is 10.4. The Bertz CT molecular complexity index is 128. The molecule has 0 aliphatic rings. The van der Waals surface area contributed by atoms with Gasteiger partial charge in [-0.15, -0.1) is 0 Å². The van der Waals surface area contributed by atoms with Crippen LogP contribution in [-0.2, 0) is 0 Å².